The Hall–Kier alpha value is -1.35. The highest BCUT2D eigenvalue weighted by atomic mass is 127. The number of ether oxygens (including phenoxy) is 1. The second-order valence-electron chi connectivity index (χ2n) is 5.96. The number of thiazole rings is 1. The number of rotatable bonds is 6. The molecule has 2 heterocycles. The van der Waals surface area contributed by atoms with E-state index < -0.39 is 0 Å². The monoisotopic (exact) mass is 486 g/mol. The van der Waals surface area contributed by atoms with E-state index >= 15 is 0 Å². The molecule has 0 amide bonds. The van der Waals surface area contributed by atoms with E-state index in [0.29, 0.717) is 0 Å². The van der Waals surface area contributed by atoms with Crippen molar-refractivity contribution in [2.24, 2.45) is 4.99 Å². The Balaban J connectivity index is 0.00000243. The number of hydrogen-bond acceptors (Lipinski definition) is 4. The van der Waals surface area contributed by atoms with Gasteiger partial charge in [-0.05, 0) is 19.4 Å². The van der Waals surface area contributed by atoms with Crippen LogP contribution < -0.4 is 15.4 Å². The molecule has 1 aliphatic heterocycles. The van der Waals surface area contributed by atoms with Gasteiger partial charge in [-0.15, -0.1) is 35.3 Å². The summed E-state index contributed by atoms with van der Waals surface area (Å²) in [6, 6.07) is 8.45. The highest BCUT2D eigenvalue weighted by Gasteiger charge is 2.21. The number of aliphatic imine (C=N–C) groups is 1. The van der Waals surface area contributed by atoms with Crippen LogP contribution in [0.4, 0.5) is 0 Å². The summed E-state index contributed by atoms with van der Waals surface area (Å²) in [5.41, 5.74) is 1.20. The van der Waals surface area contributed by atoms with Crippen molar-refractivity contribution in [2.75, 3.05) is 19.7 Å². The molecule has 1 aliphatic rings. The molecule has 1 atom stereocenters. The van der Waals surface area contributed by atoms with Crippen LogP contribution in [0.5, 0.6) is 5.75 Å². The smallest absolute Gasteiger partial charge is 0.191 e. The van der Waals surface area contributed by atoms with Gasteiger partial charge in [-0.25, -0.2) is 4.98 Å². The average molecular weight is 486 g/mol. The Morgan fingerprint density at radius 2 is 2.19 bits per heavy atom. The SMILES string of the molecule is CCNC(=NCCc1ncc(CC)s1)NC1CCOc2ccccc21.I. The van der Waals surface area contributed by atoms with Crippen molar-refractivity contribution in [2.45, 2.75) is 39.2 Å². The van der Waals surface area contributed by atoms with Gasteiger partial charge in [0.2, 0.25) is 0 Å². The summed E-state index contributed by atoms with van der Waals surface area (Å²) in [5.74, 6) is 1.83. The summed E-state index contributed by atoms with van der Waals surface area (Å²) >= 11 is 1.79. The molecule has 7 heteroatoms. The van der Waals surface area contributed by atoms with Crippen LogP contribution >= 0.6 is 35.3 Å². The Kier molecular flexibility index (Phi) is 8.64. The van der Waals surface area contributed by atoms with Crippen molar-refractivity contribution < 1.29 is 4.74 Å². The largest absolute Gasteiger partial charge is 0.493 e. The molecule has 5 nitrogen and oxygen atoms in total. The standard InChI is InChI=1S/C19H26N4OS.HI/c1-3-14-13-22-18(25-14)9-11-21-19(20-4-2)23-16-10-12-24-17-8-6-5-7-15(16)17;/h5-8,13,16H,3-4,9-12H2,1-2H3,(H2,20,21,23);1H. The molecule has 3 rings (SSSR count). The van der Waals surface area contributed by atoms with Crippen molar-refractivity contribution in [3.63, 3.8) is 0 Å². The molecule has 0 bridgehead atoms. The lowest BCUT2D eigenvalue weighted by Gasteiger charge is -2.28. The van der Waals surface area contributed by atoms with Gasteiger partial charge in [0.15, 0.2) is 5.96 Å². The number of para-hydroxylation sites is 1. The summed E-state index contributed by atoms with van der Waals surface area (Å²) in [6.45, 7) is 6.55. The molecule has 0 aliphatic carbocycles. The molecule has 1 aromatic heterocycles. The van der Waals surface area contributed by atoms with Gasteiger partial charge in [0, 0.05) is 42.6 Å². The number of halogens is 1. The van der Waals surface area contributed by atoms with Gasteiger partial charge in [-0.2, -0.15) is 0 Å². The van der Waals surface area contributed by atoms with E-state index in [4.69, 9.17) is 9.73 Å². The fraction of sp³-hybridized carbons (Fsp3) is 0.474. The highest BCUT2D eigenvalue weighted by Crippen LogP contribution is 2.31. The maximum atomic E-state index is 5.74. The van der Waals surface area contributed by atoms with E-state index in [1.807, 2.05) is 18.3 Å². The lowest BCUT2D eigenvalue weighted by Crippen LogP contribution is -2.41. The molecule has 0 saturated heterocycles. The number of benzene rings is 1. The van der Waals surface area contributed by atoms with E-state index in [1.165, 1.54) is 10.4 Å². The molecule has 2 aromatic rings. The Morgan fingerprint density at radius 3 is 2.96 bits per heavy atom. The van der Waals surface area contributed by atoms with Gasteiger partial charge in [-0.3, -0.25) is 4.99 Å². The third-order valence-electron chi connectivity index (χ3n) is 4.16. The first-order chi connectivity index (χ1) is 12.3. The van der Waals surface area contributed by atoms with E-state index in [1.54, 1.807) is 11.3 Å². The predicted molar refractivity (Wildman–Crippen MR) is 119 cm³/mol. The first-order valence-corrected chi connectivity index (χ1v) is 9.82. The fourth-order valence-electron chi connectivity index (χ4n) is 2.87. The second-order valence-corrected chi connectivity index (χ2v) is 7.16. The van der Waals surface area contributed by atoms with Gasteiger partial charge in [-0.1, -0.05) is 25.1 Å². The number of guanidine groups is 1. The van der Waals surface area contributed by atoms with E-state index in [-0.39, 0.29) is 30.0 Å². The van der Waals surface area contributed by atoms with Crippen LogP contribution in [-0.2, 0) is 12.8 Å². The summed E-state index contributed by atoms with van der Waals surface area (Å²) < 4.78 is 5.74. The predicted octanol–water partition coefficient (Wildman–Crippen LogP) is 3.94. The fourth-order valence-corrected chi connectivity index (χ4v) is 3.72. The third-order valence-corrected chi connectivity index (χ3v) is 5.36. The van der Waals surface area contributed by atoms with Gasteiger partial charge >= 0.3 is 0 Å². The third kappa shape index (κ3) is 5.57. The van der Waals surface area contributed by atoms with Crippen molar-refractivity contribution in [1.82, 2.24) is 15.6 Å². The van der Waals surface area contributed by atoms with Crippen molar-refractivity contribution >= 4 is 41.3 Å². The number of hydrogen-bond donors (Lipinski definition) is 2. The maximum Gasteiger partial charge on any atom is 0.191 e. The van der Waals surface area contributed by atoms with Crippen LogP contribution in [0.25, 0.3) is 0 Å². The van der Waals surface area contributed by atoms with Gasteiger partial charge in [0.1, 0.15) is 5.75 Å². The minimum atomic E-state index is 0. The molecule has 0 radical (unpaired) electrons. The van der Waals surface area contributed by atoms with Gasteiger partial charge < -0.3 is 15.4 Å². The minimum absolute atomic E-state index is 0. The molecule has 0 spiro atoms. The number of nitrogens with one attached hydrogen (secondary N) is 2. The summed E-state index contributed by atoms with van der Waals surface area (Å²) in [5, 5.41) is 8.06. The molecule has 1 unspecified atom stereocenters. The van der Waals surface area contributed by atoms with Crippen molar-refractivity contribution in [3.8, 4) is 5.75 Å². The summed E-state index contributed by atoms with van der Waals surface area (Å²) in [7, 11) is 0. The molecule has 26 heavy (non-hydrogen) atoms. The number of nitrogens with zero attached hydrogens (tertiary/aromatic N) is 2. The molecular formula is C19H27IN4OS. The normalized spacial score (nSPS) is 16.2. The van der Waals surface area contributed by atoms with Crippen molar-refractivity contribution in [1.29, 1.82) is 0 Å². The lowest BCUT2D eigenvalue weighted by atomic mass is 10.0. The number of aryl methyl sites for hydroxylation is 1. The highest BCUT2D eigenvalue weighted by molar-refractivity contribution is 14.0. The van der Waals surface area contributed by atoms with Crippen LogP contribution in [0.3, 0.4) is 0 Å². The Morgan fingerprint density at radius 1 is 1.35 bits per heavy atom. The molecule has 0 saturated carbocycles. The number of aromatic nitrogens is 1. The lowest BCUT2D eigenvalue weighted by molar-refractivity contribution is 0.261. The first kappa shape index (κ1) is 21.0. The topological polar surface area (TPSA) is 58.5 Å². The zero-order valence-corrected chi connectivity index (χ0v) is 18.5. The van der Waals surface area contributed by atoms with Crippen LogP contribution in [0.2, 0.25) is 0 Å². The molecular weight excluding hydrogens is 459 g/mol. The Labute approximate surface area is 176 Å². The maximum absolute atomic E-state index is 5.74. The summed E-state index contributed by atoms with van der Waals surface area (Å²) in [6.07, 6.45) is 4.85. The van der Waals surface area contributed by atoms with Crippen LogP contribution in [0.15, 0.2) is 35.5 Å². The van der Waals surface area contributed by atoms with E-state index in [0.717, 1.165) is 55.7 Å². The van der Waals surface area contributed by atoms with Gasteiger partial charge in [0.25, 0.3) is 0 Å². The molecule has 2 N–H and O–H groups in total. The minimum Gasteiger partial charge on any atom is -0.493 e. The molecule has 0 fully saturated rings. The second kappa shape index (κ2) is 10.7. The van der Waals surface area contributed by atoms with E-state index in [2.05, 4.69) is 41.6 Å². The Bertz CT molecular complexity index is 719. The van der Waals surface area contributed by atoms with Gasteiger partial charge in [0.05, 0.1) is 17.7 Å². The average Bonchev–Trinajstić information content (AvgIpc) is 3.10. The zero-order valence-electron chi connectivity index (χ0n) is 15.3. The number of fused-ring (bicyclic) bond motifs is 1. The zero-order chi connectivity index (χ0) is 17.5. The van der Waals surface area contributed by atoms with Crippen molar-refractivity contribution in [3.05, 3.63) is 45.9 Å². The quantitative estimate of drug-likeness (QED) is 0.369. The molecule has 142 valence electrons. The van der Waals surface area contributed by atoms with Crippen LogP contribution in [0.1, 0.15) is 41.8 Å². The van der Waals surface area contributed by atoms with E-state index in [9.17, 15) is 0 Å². The molecule has 1 aromatic carbocycles. The van der Waals surface area contributed by atoms with Crippen LogP contribution in [0, 0.1) is 0 Å². The first-order valence-electron chi connectivity index (χ1n) is 9.00. The summed E-state index contributed by atoms with van der Waals surface area (Å²) in [4.78, 5) is 10.5. The van der Waals surface area contributed by atoms with Crippen LogP contribution in [-0.4, -0.2) is 30.6 Å².